The molecular weight excluding hydrogens is 438 g/mol. The van der Waals surface area contributed by atoms with Crippen molar-refractivity contribution in [2.24, 2.45) is 0 Å². The number of benzene rings is 2. The van der Waals surface area contributed by atoms with Crippen molar-refractivity contribution < 1.29 is 14.5 Å². The molecule has 2 aliphatic rings. The minimum Gasteiger partial charge on any atom is -0.381 e. The molecule has 1 fully saturated rings. The Morgan fingerprint density at radius 3 is 2.76 bits per heavy atom. The van der Waals surface area contributed by atoms with Crippen LogP contribution in [0.25, 0.3) is 0 Å². The van der Waals surface area contributed by atoms with Crippen LogP contribution in [0, 0.1) is 10.1 Å². The van der Waals surface area contributed by atoms with E-state index in [0.717, 1.165) is 34.1 Å². The van der Waals surface area contributed by atoms with Crippen molar-refractivity contribution in [2.75, 3.05) is 31.2 Å². The second-order valence-electron chi connectivity index (χ2n) is 7.42. The smallest absolute Gasteiger partial charge is 0.269 e. The molecule has 2 aromatic carbocycles. The quantitative estimate of drug-likeness (QED) is 0.545. The Balaban J connectivity index is 1.51. The average Bonchev–Trinajstić information content (AvgIpc) is 3.16. The van der Waals surface area contributed by atoms with Crippen LogP contribution in [-0.2, 0) is 21.5 Å². The molecule has 0 spiro atoms. The third-order valence-electron chi connectivity index (χ3n) is 5.77. The van der Waals surface area contributed by atoms with Crippen molar-refractivity contribution >= 4 is 33.2 Å². The summed E-state index contributed by atoms with van der Waals surface area (Å²) in [6.45, 7) is 2.03. The van der Waals surface area contributed by atoms with Gasteiger partial charge in [0.25, 0.3) is 5.69 Å². The Labute approximate surface area is 177 Å². The molecule has 1 N–H and O–H groups in total. The summed E-state index contributed by atoms with van der Waals surface area (Å²) in [5, 5.41) is 14.5. The van der Waals surface area contributed by atoms with Gasteiger partial charge in [0.15, 0.2) is 0 Å². The van der Waals surface area contributed by atoms with Gasteiger partial charge in [0.1, 0.15) is 0 Å². The third kappa shape index (κ3) is 4.05. The molecule has 7 nitrogen and oxygen atoms in total. The molecule has 0 saturated carbocycles. The minimum absolute atomic E-state index is 0.0292. The van der Waals surface area contributed by atoms with Crippen LogP contribution in [0.5, 0.6) is 0 Å². The fourth-order valence-electron chi connectivity index (χ4n) is 4.17. The summed E-state index contributed by atoms with van der Waals surface area (Å²) >= 11 is 3.54. The number of rotatable bonds is 5. The number of hydrogen-bond donors (Lipinski definition) is 1. The topological polar surface area (TPSA) is 84.7 Å². The number of carbonyl (C=O) groups excluding carboxylic acids is 1. The summed E-state index contributed by atoms with van der Waals surface area (Å²) < 4.78 is 6.56. The molecule has 152 valence electrons. The van der Waals surface area contributed by atoms with E-state index >= 15 is 0 Å². The number of nitro groups is 1. The van der Waals surface area contributed by atoms with Crippen LogP contribution in [-0.4, -0.2) is 37.1 Å². The van der Waals surface area contributed by atoms with Gasteiger partial charge in [-0.05, 0) is 48.6 Å². The van der Waals surface area contributed by atoms with Crippen LogP contribution >= 0.6 is 15.9 Å². The standard InChI is InChI=1S/C21H22BrN3O4/c22-17-3-1-2-16(13-17)21(7-10-29-11-8-21)23-14-20(26)24-9-6-15-12-18(25(27)28)4-5-19(15)24/h1-5,12-13,23H,6-11,14H2. The molecule has 1 saturated heterocycles. The maximum atomic E-state index is 13.0. The van der Waals surface area contributed by atoms with Gasteiger partial charge in [-0.2, -0.15) is 0 Å². The van der Waals surface area contributed by atoms with Crippen LogP contribution < -0.4 is 10.2 Å². The van der Waals surface area contributed by atoms with Crippen molar-refractivity contribution in [3.63, 3.8) is 0 Å². The number of halogens is 1. The number of anilines is 1. The molecule has 0 bridgehead atoms. The lowest BCUT2D eigenvalue weighted by Crippen LogP contribution is -2.50. The van der Waals surface area contributed by atoms with Gasteiger partial charge in [-0.1, -0.05) is 28.1 Å². The fraction of sp³-hybridized carbons (Fsp3) is 0.381. The zero-order valence-corrected chi connectivity index (χ0v) is 17.5. The van der Waals surface area contributed by atoms with Gasteiger partial charge < -0.3 is 9.64 Å². The van der Waals surface area contributed by atoms with Crippen LogP contribution in [0.3, 0.4) is 0 Å². The summed E-state index contributed by atoms with van der Waals surface area (Å²) in [6.07, 6.45) is 2.21. The predicted octanol–water partition coefficient (Wildman–Crippen LogP) is 3.54. The van der Waals surface area contributed by atoms with Gasteiger partial charge in [-0.15, -0.1) is 0 Å². The number of nitrogens with zero attached hydrogens (tertiary/aromatic N) is 2. The van der Waals surface area contributed by atoms with E-state index in [1.807, 2.05) is 12.1 Å². The number of nitro benzene ring substituents is 1. The van der Waals surface area contributed by atoms with Gasteiger partial charge in [-0.25, -0.2) is 0 Å². The third-order valence-corrected chi connectivity index (χ3v) is 6.27. The monoisotopic (exact) mass is 459 g/mol. The van der Waals surface area contributed by atoms with Gasteiger partial charge >= 0.3 is 0 Å². The summed E-state index contributed by atoms with van der Waals surface area (Å²) in [4.78, 5) is 25.3. The van der Waals surface area contributed by atoms with Crippen molar-refractivity contribution in [3.8, 4) is 0 Å². The van der Waals surface area contributed by atoms with Crippen LogP contribution in [0.15, 0.2) is 46.9 Å². The number of non-ortho nitro benzene ring substituents is 1. The highest BCUT2D eigenvalue weighted by atomic mass is 79.9. The molecule has 0 unspecified atom stereocenters. The lowest BCUT2D eigenvalue weighted by atomic mass is 9.82. The molecule has 4 rings (SSSR count). The van der Waals surface area contributed by atoms with Crippen molar-refractivity contribution in [1.82, 2.24) is 5.32 Å². The molecule has 2 heterocycles. The lowest BCUT2D eigenvalue weighted by molar-refractivity contribution is -0.384. The zero-order valence-electron chi connectivity index (χ0n) is 15.9. The second kappa shape index (κ2) is 8.22. The fourth-order valence-corrected chi connectivity index (χ4v) is 4.57. The molecule has 29 heavy (non-hydrogen) atoms. The Hall–Kier alpha value is -2.29. The number of ether oxygens (including phenoxy) is 1. The molecule has 0 aromatic heterocycles. The molecule has 1 amide bonds. The van der Waals surface area contributed by atoms with Crippen molar-refractivity contribution in [2.45, 2.75) is 24.8 Å². The first-order chi connectivity index (χ1) is 14.0. The normalized spacial score (nSPS) is 17.8. The van der Waals surface area contributed by atoms with E-state index in [2.05, 4.69) is 33.4 Å². The molecular formula is C21H22BrN3O4. The molecule has 8 heteroatoms. The Morgan fingerprint density at radius 2 is 2.03 bits per heavy atom. The van der Waals surface area contributed by atoms with E-state index < -0.39 is 4.92 Å². The van der Waals surface area contributed by atoms with E-state index in [-0.39, 0.29) is 23.7 Å². The van der Waals surface area contributed by atoms with Gasteiger partial charge in [0.2, 0.25) is 5.91 Å². The first-order valence-corrected chi connectivity index (χ1v) is 10.4. The average molecular weight is 460 g/mol. The first kappa shape index (κ1) is 20.0. The highest BCUT2D eigenvalue weighted by Crippen LogP contribution is 2.34. The Kier molecular flexibility index (Phi) is 5.67. The molecule has 2 aliphatic heterocycles. The number of amides is 1. The predicted molar refractivity (Wildman–Crippen MR) is 113 cm³/mol. The molecule has 2 aromatic rings. The highest BCUT2D eigenvalue weighted by molar-refractivity contribution is 9.10. The van der Waals surface area contributed by atoms with E-state index in [1.54, 1.807) is 17.0 Å². The van der Waals surface area contributed by atoms with E-state index in [9.17, 15) is 14.9 Å². The lowest BCUT2D eigenvalue weighted by Gasteiger charge is -2.39. The molecule has 0 atom stereocenters. The van der Waals surface area contributed by atoms with E-state index in [4.69, 9.17) is 4.74 Å². The highest BCUT2D eigenvalue weighted by Gasteiger charge is 2.36. The second-order valence-corrected chi connectivity index (χ2v) is 8.34. The Bertz CT molecular complexity index is 943. The van der Waals surface area contributed by atoms with Gasteiger partial charge in [0.05, 0.1) is 11.5 Å². The number of carbonyl (C=O) groups is 1. The summed E-state index contributed by atoms with van der Waals surface area (Å²) in [7, 11) is 0. The summed E-state index contributed by atoms with van der Waals surface area (Å²) in [5.74, 6) is -0.0292. The Morgan fingerprint density at radius 1 is 1.24 bits per heavy atom. The number of hydrogen-bond acceptors (Lipinski definition) is 5. The molecule has 0 radical (unpaired) electrons. The number of nitrogens with one attached hydrogen (secondary N) is 1. The van der Waals surface area contributed by atoms with Crippen LogP contribution in [0.4, 0.5) is 11.4 Å². The van der Waals surface area contributed by atoms with Crippen LogP contribution in [0.2, 0.25) is 0 Å². The van der Waals surface area contributed by atoms with E-state index in [0.29, 0.717) is 26.2 Å². The van der Waals surface area contributed by atoms with E-state index in [1.165, 1.54) is 6.07 Å². The first-order valence-electron chi connectivity index (χ1n) is 9.65. The number of fused-ring (bicyclic) bond motifs is 1. The molecule has 0 aliphatic carbocycles. The largest absolute Gasteiger partial charge is 0.381 e. The SMILES string of the molecule is O=C(CNC1(c2cccc(Br)c2)CCOCC1)N1CCc2cc([N+](=O)[O-])ccc21. The van der Waals surface area contributed by atoms with Crippen molar-refractivity contribution in [3.05, 3.63) is 68.2 Å². The maximum Gasteiger partial charge on any atom is 0.269 e. The van der Waals surface area contributed by atoms with Gasteiger partial charge in [0, 0.05) is 47.6 Å². The minimum atomic E-state index is -0.404. The maximum absolute atomic E-state index is 13.0. The van der Waals surface area contributed by atoms with Gasteiger partial charge in [-0.3, -0.25) is 20.2 Å². The summed E-state index contributed by atoms with van der Waals surface area (Å²) in [6, 6.07) is 12.9. The van der Waals surface area contributed by atoms with Crippen molar-refractivity contribution in [1.29, 1.82) is 0 Å². The van der Waals surface area contributed by atoms with Crippen LogP contribution in [0.1, 0.15) is 24.0 Å². The summed E-state index contributed by atoms with van der Waals surface area (Å²) in [5.41, 5.74) is 2.51. The zero-order chi connectivity index (χ0) is 20.4.